The van der Waals surface area contributed by atoms with Crippen molar-refractivity contribution in [3.05, 3.63) is 29.3 Å². The quantitative estimate of drug-likeness (QED) is 0.842. The van der Waals surface area contributed by atoms with E-state index in [0.29, 0.717) is 5.92 Å². The molecular weight excluding hydrogens is 262 g/mol. The van der Waals surface area contributed by atoms with Crippen LogP contribution in [0.1, 0.15) is 50.8 Å². The number of ether oxygens (including phenoxy) is 2. The smallest absolute Gasteiger partial charge is 0.129 e. The molecule has 1 aromatic carbocycles. The van der Waals surface area contributed by atoms with Crippen molar-refractivity contribution in [1.29, 1.82) is 0 Å². The first-order valence-electron chi connectivity index (χ1n) is 8.24. The molecule has 0 amide bonds. The molecule has 2 atom stereocenters. The Bertz CT molecular complexity index is 498. The Morgan fingerprint density at radius 3 is 3.00 bits per heavy atom. The molecule has 0 radical (unpaired) electrons. The maximum atomic E-state index is 6.21. The van der Waals surface area contributed by atoms with Crippen LogP contribution in [-0.4, -0.2) is 25.3 Å². The fourth-order valence-electron chi connectivity index (χ4n) is 3.51. The maximum absolute atomic E-state index is 6.21. The Labute approximate surface area is 128 Å². The zero-order valence-electron chi connectivity index (χ0n) is 13.4. The highest BCUT2D eigenvalue weighted by atomic mass is 16.5. The van der Waals surface area contributed by atoms with Crippen molar-refractivity contribution in [2.75, 3.05) is 19.7 Å². The van der Waals surface area contributed by atoms with Gasteiger partial charge in [0.05, 0.1) is 6.10 Å². The lowest BCUT2D eigenvalue weighted by atomic mass is 9.92. The third-order valence-electron chi connectivity index (χ3n) is 4.48. The molecule has 2 aliphatic rings. The van der Waals surface area contributed by atoms with Crippen LogP contribution in [0.15, 0.2) is 18.2 Å². The Morgan fingerprint density at radius 1 is 1.33 bits per heavy atom. The normalized spacial score (nSPS) is 26.6. The highest BCUT2D eigenvalue weighted by Crippen LogP contribution is 2.45. The molecule has 0 aromatic heterocycles. The molecule has 21 heavy (non-hydrogen) atoms. The van der Waals surface area contributed by atoms with Gasteiger partial charge in [0.25, 0.3) is 0 Å². The van der Waals surface area contributed by atoms with Crippen molar-refractivity contribution >= 4 is 0 Å². The largest absolute Gasteiger partial charge is 0.487 e. The predicted octanol–water partition coefficient (Wildman–Crippen LogP) is 3.48. The molecule has 0 aliphatic carbocycles. The first-order valence-corrected chi connectivity index (χ1v) is 8.24. The Kier molecular flexibility index (Phi) is 4.23. The molecule has 2 heterocycles. The lowest BCUT2D eigenvalue weighted by molar-refractivity contribution is 0.0817. The third-order valence-corrected chi connectivity index (χ3v) is 4.48. The van der Waals surface area contributed by atoms with Crippen molar-refractivity contribution in [1.82, 2.24) is 5.32 Å². The average molecular weight is 289 g/mol. The van der Waals surface area contributed by atoms with Gasteiger partial charge in [-0.1, -0.05) is 25.1 Å². The number of hydrogen-bond acceptors (Lipinski definition) is 3. The summed E-state index contributed by atoms with van der Waals surface area (Å²) < 4.78 is 12.3. The lowest BCUT2D eigenvalue weighted by Gasteiger charge is -2.23. The number of para-hydroxylation sites is 1. The van der Waals surface area contributed by atoms with Crippen molar-refractivity contribution in [2.45, 2.75) is 51.7 Å². The standard InChI is InChI=1S/C18H27NO2/c1-4-9-19-12-14-8-10-20-16(14)15-7-5-6-13-11-18(2,3)21-17(13)15/h5-7,14,16,19H,4,8-12H2,1-3H3. The Hall–Kier alpha value is -1.06. The highest BCUT2D eigenvalue weighted by Gasteiger charge is 2.37. The second-order valence-corrected chi connectivity index (χ2v) is 6.92. The molecule has 3 heteroatoms. The van der Waals surface area contributed by atoms with E-state index in [1.54, 1.807) is 0 Å². The molecule has 2 aliphatic heterocycles. The summed E-state index contributed by atoms with van der Waals surface area (Å²) in [7, 11) is 0. The van der Waals surface area contributed by atoms with Gasteiger partial charge in [-0.15, -0.1) is 0 Å². The molecule has 1 N–H and O–H groups in total. The minimum atomic E-state index is -0.0903. The van der Waals surface area contributed by atoms with E-state index in [-0.39, 0.29) is 11.7 Å². The van der Waals surface area contributed by atoms with E-state index in [9.17, 15) is 0 Å². The molecule has 1 saturated heterocycles. The van der Waals surface area contributed by atoms with Crippen LogP contribution in [0.5, 0.6) is 5.75 Å². The van der Waals surface area contributed by atoms with Crippen molar-refractivity contribution < 1.29 is 9.47 Å². The molecule has 1 fully saturated rings. The number of hydrogen-bond donors (Lipinski definition) is 1. The van der Waals surface area contributed by atoms with Gasteiger partial charge in [0.15, 0.2) is 0 Å². The zero-order chi connectivity index (χ0) is 14.9. The number of benzene rings is 1. The molecule has 0 spiro atoms. The summed E-state index contributed by atoms with van der Waals surface area (Å²) in [6.45, 7) is 9.50. The Balaban J connectivity index is 1.79. The summed E-state index contributed by atoms with van der Waals surface area (Å²) in [6.07, 6.45) is 3.48. The van der Waals surface area contributed by atoms with Crippen LogP contribution in [0.3, 0.4) is 0 Å². The lowest BCUT2D eigenvalue weighted by Crippen LogP contribution is -2.26. The SMILES string of the molecule is CCCNCC1CCOC1c1cccc2c1OC(C)(C)C2. The highest BCUT2D eigenvalue weighted by molar-refractivity contribution is 5.47. The summed E-state index contributed by atoms with van der Waals surface area (Å²) in [4.78, 5) is 0. The fourth-order valence-corrected chi connectivity index (χ4v) is 3.51. The summed E-state index contributed by atoms with van der Waals surface area (Å²) in [5.74, 6) is 1.63. The van der Waals surface area contributed by atoms with Crippen LogP contribution >= 0.6 is 0 Å². The van der Waals surface area contributed by atoms with Crippen LogP contribution in [-0.2, 0) is 11.2 Å². The van der Waals surface area contributed by atoms with Gasteiger partial charge in [-0.05, 0) is 38.8 Å². The second-order valence-electron chi connectivity index (χ2n) is 6.92. The summed E-state index contributed by atoms with van der Waals surface area (Å²) in [5, 5.41) is 3.54. The topological polar surface area (TPSA) is 30.5 Å². The van der Waals surface area contributed by atoms with Gasteiger partial charge in [0.1, 0.15) is 11.4 Å². The molecule has 3 nitrogen and oxygen atoms in total. The number of fused-ring (bicyclic) bond motifs is 1. The van der Waals surface area contributed by atoms with Crippen LogP contribution < -0.4 is 10.1 Å². The predicted molar refractivity (Wildman–Crippen MR) is 84.8 cm³/mol. The summed E-state index contributed by atoms with van der Waals surface area (Å²) in [5.41, 5.74) is 2.49. The number of rotatable bonds is 5. The monoisotopic (exact) mass is 289 g/mol. The van der Waals surface area contributed by atoms with Gasteiger partial charge < -0.3 is 14.8 Å². The maximum Gasteiger partial charge on any atom is 0.129 e. The Morgan fingerprint density at radius 2 is 2.19 bits per heavy atom. The molecule has 3 rings (SSSR count). The summed E-state index contributed by atoms with van der Waals surface area (Å²) >= 11 is 0. The first-order chi connectivity index (χ1) is 10.1. The van der Waals surface area contributed by atoms with Gasteiger partial charge in [-0.2, -0.15) is 0 Å². The average Bonchev–Trinajstić information content (AvgIpc) is 3.00. The summed E-state index contributed by atoms with van der Waals surface area (Å²) in [6, 6.07) is 6.52. The fraction of sp³-hybridized carbons (Fsp3) is 0.667. The molecule has 0 bridgehead atoms. The zero-order valence-corrected chi connectivity index (χ0v) is 13.4. The number of nitrogens with one attached hydrogen (secondary N) is 1. The van der Waals surface area contributed by atoms with Gasteiger partial charge >= 0.3 is 0 Å². The second kappa shape index (κ2) is 5.98. The van der Waals surface area contributed by atoms with Crippen LogP contribution in [0.25, 0.3) is 0 Å². The van der Waals surface area contributed by atoms with Crippen molar-refractivity contribution in [2.24, 2.45) is 5.92 Å². The van der Waals surface area contributed by atoms with Crippen LogP contribution in [0.4, 0.5) is 0 Å². The minimum absolute atomic E-state index is 0.0903. The van der Waals surface area contributed by atoms with E-state index in [1.807, 2.05) is 0 Å². The third kappa shape index (κ3) is 3.09. The van der Waals surface area contributed by atoms with E-state index in [2.05, 4.69) is 44.3 Å². The van der Waals surface area contributed by atoms with E-state index >= 15 is 0 Å². The van der Waals surface area contributed by atoms with Crippen molar-refractivity contribution in [3.63, 3.8) is 0 Å². The van der Waals surface area contributed by atoms with Crippen LogP contribution in [0.2, 0.25) is 0 Å². The molecule has 116 valence electrons. The van der Waals surface area contributed by atoms with Gasteiger partial charge in [0, 0.05) is 31.1 Å². The van der Waals surface area contributed by atoms with E-state index in [0.717, 1.165) is 38.3 Å². The molecule has 1 aromatic rings. The minimum Gasteiger partial charge on any atom is -0.487 e. The van der Waals surface area contributed by atoms with Crippen LogP contribution in [0, 0.1) is 5.92 Å². The van der Waals surface area contributed by atoms with Gasteiger partial charge in [-0.25, -0.2) is 0 Å². The van der Waals surface area contributed by atoms with E-state index < -0.39 is 0 Å². The molecule has 0 saturated carbocycles. The van der Waals surface area contributed by atoms with Gasteiger partial charge in [0.2, 0.25) is 0 Å². The van der Waals surface area contributed by atoms with Crippen molar-refractivity contribution in [3.8, 4) is 5.75 Å². The van der Waals surface area contributed by atoms with E-state index in [1.165, 1.54) is 17.5 Å². The molecular formula is C18H27NO2. The first kappa shape index (κ1) is 14.9. The molecule has 2 unspecified atom stereocenters. The van der Waals surface area contributed by atoms with Gasteiger partial charge in [-0.3, -0.25) is 0 Å². The van der Waals surface area contributed by atoms with E-state index in [4.69, 9.17) is 9.47 Å².